The van der Waals surface area contributed by atoms with Gasteiger partial charge in [0.05, 0.1) is 19.2 Å². The molecule has 2 aliphatic carbocycles. The van der Waals surface area contributed by atoms with Crippen LogP contribution in [0, 0.1) is 45.5 Å². The number of aliphatic hydroxyl groups is 2. The van der Waals surface area contributed by atoms with E-state index >= 15 is 0 Å². The molecule has 12 nitrogen and oxygen atoms in total. The Bertz CT molecular complexity index is 2380. The van der Waals surface area contributed by atoms with Gasteiger partial charge in [0.1, 0.15) is 35.2 Å². The highest BCUT2D eigenvalue weighted by atomic mass is 127. The molecule has 4 aromatic heterocycles. The number of benzene rings is 2. The van der Waals surface area contributed by atoms with Crippen LogP contribution in [0.1, 0.15) is 107 Å². The monoisotopic (exact) mass is 936 g/mol. The van der Waals surface area contributed by atoms with E-state index in [1.807, 2.05) is 77.0 Å². The predicted octanol–water partition coefficient (Wildman–Crippen LogP) is 9.22. The molecule has 1 unspecified atom stereocenters. The standard InChI is InChI=1S/C21H21N3O3.C20H22IN3O3.C7H10/c1-14(25)21-22-8-9-24(21)13-18-12-20(27-23-18)17-6-4-15(5-7-17)2-3-16-10-19(26)11-16;1-14(26-19-4-2-3-11-25-19)20-22-9-10-24(20)13-17-12-18(27-23-17)15-5-7-16(21)8-6-15;1-3-7-4-6(2)5-7/h4-9,12,14,16,19,25-26H,10-11,13H2,1H3;5-10,12,14,19H,2-4,11,13H2,1H3;1,6-7H,4-5H2,2H3/t14-,16?,19?;14-,19?;/m00./s1. The summed E-state index contributed by atoms with van der Waals surface area (Å²) in [6.45, 7) is 7.78. The van der Waals surface area contributed by atoms with Gasteiger partial charge in [0.25, 0.3) is 0 Å². The number of ether oxygens (including phenoxy) is 2. The van der Waals surface area contributed by atoms with E-state index in [0.29, 0.717) is 36.5 Å². The molecule has 0 bridgehead atoms. The Hall–Kier alpha value is -5.03. The van der Waals surface area contributed by atoms with Crippen molar-refractivity contribution in [3.8, 4) is 46.8 Å². The first-order valence-corrected chi connectivity index (χ1v) is 22.1. The molecule has 6 aromatic rings. The smallest absolute Gasteiger partial charge is 0.167 e. The molecule has 0 amide bonds. The molecule has 61 heavy (non-hydrogen) atoms. The second-order valence-electron chi connectivity index (χ2n) is 16.1. The Morgan fingerprint density at radius 3 is 1.95 bits per heavy atom. The minimum absolute atomic E-state index is 0.140. The van der Waals surface area contributed by atoms with Gasteiger partial charge in [-0.2, -0.15) is 0 Å². The number of nitrogens with zero attached hydrogens (tertiary/aromatic N) is 6. The molecule has 2 aromatic carbocycles. The Kier molecular flexibility index (Phi) is 15.3. The van der Waals surface area contributed by atoms with Crippen molar-refractivity contribution >= 4 is 22.6 Å². The maximum atomic E-state index is 9.74. The molecular formula is C48H53IN6O6. The number of terminal acetylenes is 1. The van der Waals surface area contributed by atoms with E-state index in [1.54, 1.807) is 19.3 Å². The summed E-state index contributed by atoms with van der Waals surface area (Å²) >= 11 is 2.29. The summed E-state index contributed by atoms with van der Waals surface area (Å²) in [5, 5.41) is 27.4. The van der Waals surface area contributed by atoms with E-state index in [2.05, 4.69) is 79.7 Å². The highest BCUT2D eigenvalue weighted by Gasteiger charge is 2.25. The first-order valence-electron chi connectivity index (χ1n) is 21.0. The van der Waals surface area contributed by atoms with Crippen LogP contribution in [0.25, 0.3) is 22.6 Å². The molecule has 9 rings (SSSR count). The highest BCUT2D eigenvalue weighted by Crippen LogP contribution is 2.32. The third kappa shape index (κ3) is 12.3. The number of aliphatic hydroxyl groups excluding tert-OH is 2. The number of imidazole rings is 2. The lowest BCUT2D eigenvalue weighted by molar-refractivity contribution is -0.188. The fourth-order valence-corrected chi connectivity index (χ4v) is 7.76. The summed E-state index contributed by atoms with van der Waals surface area (Å²) in [4.78, 5) is 8.63. The molecule has 13 heteroatoms. The molecule has 3 fully saturated rings. The average molecular weight is 937 g/mol. The van der Waals surface area contributed by atoms with Crippen molar-refractivity contribution in [1.29, 1.82) is 0 Å². The summed E-state index contributed by atoms with van der Waals surface area (Å²) in [6.07, 6.45) is 18.5. The Labute approximate surface area is 371 Å². The number of aromatic nitrogens is 6. The van der Waals surface area contributed by atoms with E-state index in [4.69, 9.17) is 24.9 Å². The number of halogens is 1. The zero-order valence-corrected chi connectivity index (χ0v) is 37.0. The Morgan fingerprint density at radius 2 is 1.43 bits per heavy atom. The fourth-order valence-electron chi connectivity index (χ4n) is 7.40. The van der Waals surface area contributed by atoms with Crippen LogP contribution in [0.2, 0.25) is 0 Å². The van der Waals surface area contributed by atoms with Gasteiger partial charge in [0.15, 0.2) is 17.8 Å². The summed E-state index contributed by atoms with van der Waals surface area (Å²) in [6, 6.07) is 19.9. The molecule has 1 saturated heterocycles. The van der Waals surface area contributed by atoms with Gasteiger partial charge >= 0.3 is 0 Å². The van der Waals surface area contributed by atoms with Crippen LogP contribution in [-0.2, 0) is 22.6 Å². The van der Waals surface area contributed by atoms with Crippen molar-refractivity contribution in [2.75, 3.05) is 6.61 Å². The van der Waals surface area contributed by atoms with Crippen LogP contribution in [-0.4, -0.2) is 58.6 Å². The lowest BCUT2D eigenvalue weighted by atomic mass is 9.77. The summed E-state index contributed by atoms with van der Waals surface area (Å²) < 4.78 is 27.8. The summed E-state index contributed by atoms with van der Waals surface area (Å²) in [5.41, 5.74) is 4.51. The molecule has 1 aliphatic heterocycles. The maximum Gasteiger partial charge on any atom is 0.167 e. The van der Waals surface area contributed by atoms with Crippen LogP contribution < -0.4 is 0 Å². The quantitative estimate of drug-likeness (QED) is 0.101. The summed E-state index contributed by atoms with van der Waals surface area (Å²) in [7, 11) is 0. The number of hydrogen-bond donors (Lipinski definition) is 2. The average Bonchev–Trinajstić information content (AvgIpc) is 4.09. The van der Waals surface area contributed by atoms with Gasteiger partial charge < -0.3 is 37.9 Å². The number of hydrogen-bond acceptors (Lipinski definition) is 10. The zero-order chi connectivity index (χ0) is 42.7. The van der Waals surface area contributed by atoms with Crippen molar-refractivity contribution in [2.24, 2.45) is 17.8 Å². The summed E-state index contributed by atoms with van der Waals surface area (Å²) in [5.74, 6) is 13.8. The van der Waals surface area contributed by atoms with Crippen molar-refractivity contribution in [3.63, 3.8) is 0 Å². The maximum absolute atomic E-state index is 9.74. The van der Waals surface area contributed by atoms with E-state index in [-0.39, 0.29) is 18.5 Å². The molecule has 5 heterocycles. The van der Waals surface area contributed by atoms with E-state index < -0.39 is 6.10 Å². The zero-order valence-electron chi connectivity index (χ0n) is 34.9. The van der Waals surface area contributed by atoms with Crippen molar-refractivity contribution in [3.05, 3.63) is 118 Å². The second kappa shape index (κ2) is 21.2. The molecular weight excluding hydrogens is 883 g/mol. The molecule has 3 atom stereocenters. The Balaban J connectivity index is 0.000000159. The van der Waals surface area contributed by atoms with Crippen LogP contribution in [0.5, 0.6) is 0 Å². The number of rotatable bonds is 10. The van der Waals surface area contributed by atoms with Crippen LogP contribution >= 0.6 is 22.6 Å². The van der Waals surface area contributed by atoms with Gasteiger partial charge in [-0.05, 0) is 124 Å². The van der Waals surface area contributed by atoms with E-state index in [1.165, 1.54) is 16.4 Å². The van der Waals surface area contributed by atoms with Crippen molar-refractivity contribution < 1.29 is 28.7 Å². The van der Waals surface area contributed by atoms with Gasteiger partial charge in [0.2, 0.25) is 0 Å². The van der Waals surface area contributed by atoms with Gasteiger partial charge in [-0.3, -0.25) is 0 Å². The van der Waals surface area contributed by atoms with Gasteiger partial charge in [-0.25, -0.2) is 9.97 Å². The Morgan fingerprint density at radius 1 is 0.836 bits per heavy atom. The lowest BCUT2D eigenvalue weighted by Crippen LogP contribution is -2.26. The molecule has 0 radical (unpaired) electrons. The third-order valence-electron chi connectivity index (χ3n) is 11.0. The highest BCUT2D eigenvalue weighted by molar-refractivity contribution is 14.1. The fraction of sp³-hybridized carbons (Fsp3) is 0.417. The second-order valence-corrected chi connectivity index (χ2v) is 17.3. The minimum Gasteiger partial charge on any atom is -0.393 e. The first kappa shape index (κ1) is 44.0. The van der Waals surface area contributed by atoms with Crippen molar-refractivity contribution in [2.45, 2.75) is 103 Å². The predicted molar refractivity (Wildman–Crippen MR) is 239 cm³/mol. The first-order chi connectivity index (χ1) is 29.6. The van der Waals surface area contributed by atoms with Gasteiger partial charge in [-0.1, -0.05) is 41.2 Å². The molecule has 0 spiro atoms. The van der Waals surface area contributed by atoms with Crippen LogP contribution in [0.15, 0.2) is 94.5 Å². The lowest BCUT2D eigenvalue weighted by Gasteiger charge is -2.27. The van der Waals surface area contributed by atoms with E-state index in [0.717, 1.165) is 84.3 Å². The van der Waals surface area contributed by atoms with Crippen LogP contribution in [0.4, 0.5) is 0 Å². The van der Waals surface area contributed by atoms with Crippen molar-refractivity contribution in [1.82, 2.24) is 29.4 Å². The largest absolute Gasteiger partial charge is 0.393 e. The normalized spacial score (nSPS) is 21.4. The molecule has 2 saturated carbocycles. The SMILES string of the molecule is C#CC1CC(C)C1.C[C@H](O)c1nccn1Cc1cc(-c2ccc(C#CC3CC(O)C3)cc2)on1.C[C@H](OC1CCCCO1)c1nccn1Cc1cc(-c2ccc(I)cc2)on1. The van der Waals surface area contributed by atoms with Gasteiger partial charge in [-0.15, -0.1) is 12.3 Å². The van der Waals surface area contributed by atoms with Crippen LogP contribution in [0.3, 0.4) is 0 Å². The molecule has 3 aliphatic rings. The molecule has 318 valence electrons. The van der Waals surface area contributed by atoms with Gasteiger partial charge in [0, 0.05) is 75.6 Å². The topological polar surface area (TPSA) is 147 Å². The minimum atomic E-state index is -0.636. The third-order valence-corrected chi connectivity index (χ3v) is 11.7. The molecule has 2 N–H and O–H groups in total. The van der Waals surface area contributed by atoms with E-state index in [9.17, 15) is 10.2 Å².